The summed E-state index contributed by atoms with van der Waals surface area (Å²) in [4.78, 5) is 11.7. The summed E-state index contributed by atoms with van der Waals surface area (Å²) in [6, 6.07) is 4.94. The lowest BCUT2D eigenvalue weighted by Gasteiger charge is -1.99. The zero-order valence-electron chi connectivity index (χ0n) is 10.5. The van der Waals surface area contributed by atoms with Gasteiger partial charge in [-0.2, -0.15) is 0 Å². The number of hydrogen-bond acceptors (Lipinski definition) is 7. The number of carbonyl (C=O) groups is 1. The monoisotopic (exact) mass is 274 g/mol. The molecule has 0 spiro atoms. The Kier molecular flexibility index (Phi) is 3.08. The molecule has 0 aliphatic rings. The largest absolute Gasteiger partial charge is 0.469 e. The molecular weight excluding hydrogens is 264 g/mol. The molecule has 3 aromatic heterocycles. The van der Waals surface area contributed by atoms with Gasteiger partial charge in [0.1, 0.15) is 11.3 Å². The van der Waals surface area contributed by atoms with Gasteiger partial charge in [-0.1, -0.05) is 0 Å². The van der Waals surface area contributed by atoms with Gasteiger partial charge in [-0.05, 0) is 25.1 Å². The third-order valence-electron chi connectivity index (χ3n) is 2.60. The maximum Gasteiger partial charge on any atom is 0.342 e. The summed E-state index contributed by atoms with van der Waals surface area (Å²) in [5.41, 5.74) is 0.371. The van der Waals surface area contributed by atoms with Crippen molar-refractivity contribution in [2.45, 2.75) is 13.5 Å². The topological polar surface area (TPSA) is 91.5 Å². The average molecular weight is 274 g/mol. The number of hydrogen-bond donors (Lipinski definition) is 0. The van der Waals surface area contributed by atoms with Crippen molar-refractivity contribution in [1.29, 1.82) is 0 Å². The number of rotatable bonds is 4. The number of carbonyl (C=O) groups excluding carboxylic acids is 1. The minimum absolute atomic E-state index is 0.114. The van der Waals surface area contributed by atoms with Crippen molar-refractivity contribution >= 4 is 5.97 Å². The van der Waals surface area contributed by atoms with Crippen molar-refractivity contribution in [3.05, 3.63) is 47.9 Å². The van der Waals surface area contributed by atoms with Crippen LogP contribution >= 0.6 is 0 Å². The molecule has 0 bridgehead atoms. The van der Waals surface area contributed by atoms with Crippen LogP contribution in [0.3, 0.4) is 0 Å². The maximum atomic E-state index is 11.7. The second-order valence-electron chi connectivity index (χ2n) is 3.94. The molecule has 102 valence electrons. The molecule has 0 aliphatic heterocycles. The first-order valence-corrected chi connectivity index (χ1v) is 5.81. The molecule has 7 heteroatoms. The molecule has 0 atom stereocenters. The summed E-state index contributed by atoms with van der Waals surface area (Å²) >= 11 is 0. The van der Waals surface area contributed by atoms with Crippen molar-refractivity contribution in [3.63, 3.8) is 0 Å². The molecule has 20 heavy (non-hydrogen) atoms. The second-order valence-corrected chi connectivity index (χ2v) is 3.94. The van der Waals surface area contributed by atoms with E-state index in [9.17, 15) is 4.79 Å². The van der Waals surface area contributed by atoms with E-state index in [4.69, 9.17) is 18.0 Å². The first kappa shape index (κ1) is 12.2. The Morgan fingerprint density at radius 3 is 2.85 bits per heavy atom. The fourth-order valence-electron chi connectivity index (χ4n) is 1.61. The number of nitrogens with zero attached hydrogens (tertiary/aromatic N) is 2. The zero-order valence-corrected chi connectivity index (χ0v) is 10.5. The Morgan fingerprint density at radius 1 is 1.25 bits per heavy atom. The number of aromatic nitrogens is 2. The van der Waals surface area contributed by atoms with Crippen molar-refractivity contribution in [3.8, 4) is 11.7 Å². The number of furan rings is 2. The Bertz CT molecular complexity index is 711. The lowest BCUT2D eigenvalue weighted by Crippen LogP contribution is -2.05. The summed E-state index contributed by atoms with van der Waals surface area (Å²) in [6.45, 7) is 1.56. The minimum atomic E-state index is -0.506. The van der Waals surface area contributed by atoms with Gasteiger partial charge in [-0.3, -0.25) is 0 Å². The van der Waals surface area contributed by atoms with Gasteiger partial charge < -0.3 is 18.0 Å². The fourth-order valence-corrected chi connectivity index (χ4v) is 1.61. The van der Waals surface area contributed by atoms with E-state index in [0.29, 0.717) is 17.1 Å². The Morgan fingerprint density at radius 2 is 2.15 bits per heavy atom. The van der Waals surface area contributed by atoms with Crippen LogP contribution in [0, 0.1) is 6.92 Å². The Labute approximate surface area is 113 Å². The molecule has 0 saturated carbocycles. The highest BCUT2D eigenvalue weighted by molar-refractivity contribution is 5.90. The minimum Gasteiger partial charge on any atom is -0.469 e. The molecule has 3 rings (SSSR count). The number of aryl methyl sites for hydroxylation is 1. The summed E-state index contributed by atoms with van der Waals surface area (Å²) in [5, 5.41) is 7.57. The first-order chi connectivity index (χ1) is 9.74. The van der Waals surface area contributed by atoms with Crippen LogP contribution in [0.25, 0.3) is 11.7 Å². The molecule has 0 N–H and O–H groups in total. The molecule has 0 unspecified atom stereocenters. The second kappa shape index (κ2) is 5.04. The van der Waals surface area contributed by atoms with Gasteiger partial charge in [-0.15, -0.1) is 10.2 Å². The van der Waals surface area contributed by atoms with Gasteiger partial charge in [0, 0.05) is 0 Å². The standard InChI is InChI=1S/C13H10N2O5/c1-8-9(4-6-17-8)13(16)19-7-11-14-15-12(20-11)10-3-2-5-18-10/h2-6H,7H2,1H3. The van der Waals surface area contributed by atoms with E-state index in [2.05, 4.69) is 10.2 Å². The molecule has 3 aromatic rings. The van der Waals surface area contributed by atoms with Crippen LogP contribution < -0.4 is 0 Å². The number of ether oxygens (including phenoxy) is 1. The zero-order chi connectivity index (χ0) is 13.9. The van der Waals surface area contributed by atoms with Crippen LogP contribution in [0.5, 0.6) is 0 Å². The van der Waals surface area contributed by atoms with Gasteiger partial charge >= 0.3 is 5.97 Å². The molecule has 0 fully saturated rings. The molecule has 7 nitrogen and oxygen atoms in total. The van der Waals surface area contributed by atoms with E-state index in [1.54, 1.807) is 25.1 Å². The lowest BCUT2D eigenvalue weighted by atomic mass is 10.3. The van der Waals surface area contributed by atoms with Crippen LogP contribution in [0.15, 0.2) is 44.0 Å². The predicted octanol–water partition coefficient (Wildman–Crippen LogP) is 2.59. The van der Waals surface area contributed by atoms with Gasteiger partial charge in [0.2, 0.25) is 0 Å². The van der Waals surface area contributed by atoms with Crippen molar-refractivity contribution in [2.75, 3.05) is 0 Å². The van der Waals surface area contributed by atoms with E-state index < -0.39 is 5.97 Å². The summed E-state index contributed by atoms with van der Waals surface area (Å²) < 4.78 is 20.5. The lowest BCUT2D eigenvalue weighted by molar-refractivity contribution is 0.0436. The quantitative estimate of drug-likeness (QED) is 0.675. The molecule has 0 radical (unpaired) electrons. The van der Waals surface area contributed by atoms with Crippen molar-refractivity contribution in [1.82, 2.24) is 10.2 Å². The molecule has 0 saturated heterocycles. The van der Waals surface area contributed by atoms with Crippen molar-refractivity contribution in [2.24, 2.45) is 0 Å². The maximum absolute atomic E-state index is 11.7. The van der Waals surface area contributed by atoms with Gasteiger partial charge in [0.25, 0.3) is 11.8 Å². The molecule has 0 aromatic carbocycles. The SMILES string of the molecule is Cc1occc1C(=O)OCc1nnc(-c2ccco2)o1. The molecule has 0 amide bonds. The Hall–Kier alpha value is -2.83. The van der Waals surface area contributed by atoms with E-state index in [-0.39, 0.29) is 18.4 Å². The Balaban J connectivity index is 1.65. The fraction of sp³-hybridized carbons (Fsp3) is 0.154. The van der Waals surface area contributed by atoms with E-state index >= 15 is 0 Å². The molecule has 3 heterocycles. The highest BCUT2D eigenvalue weighted by atomic mass is 16.5. The highest BCUT2D eigenvalue weighted by Crippen LogP contribution is 2.18. The molecule has 0 aliphatic carbocycles. The average Bonchev–Trinajstić information content (AvgIpc) is 3.16. The van der Waals surface area contributed by atoms with Crippen LogP contribution in [0.2, 0.25) is 0 Å². The van der Waals surface area contributed by atoms with Gasteiger partial charge in [0.15, 0.2) is 12.4 Å². The first-order valence-electron chi connectivity index (χ1n) is 5.81. The number of esters is 1. The van der Waals surface area contributed by atoms with Crippen LogP contribution in [-0.2, 0) is 11.3 Å². The van der Waals surface area contributed by atoms with E-state index in [1.807, 2.05) is 0 Å². The van der Waals surface area contributed by atoms with E-state index in [0.717, 1.165) is 0 Å². The van der Waals surface area contributed by atoms with E-state index in [1.165, 1.54) is 12.5 Å². The summed E-state index contributed by atoms with van der Waals surface area (Å²) in [7, 11) is 0. The van der Waals surface area contributed by atoms with Gasteiger partial charge in [-0.25, -0.2) is 4.79 Å². The summed E-state index contributed by atoms with van der Waals surface area (Å²) in [6.07, 6.45) is 2.93. The summed E-state index contributed by atoms with van der Waals surface area (Å²) in [5.74, 6) is 0.873. The van der Waals surface area contributed by atoms with Crippen LogP contribution in [-0.4, -0.2) is 16.2 Å². The normalized spacial score (nSPS) is 10.7. The van der Waals surface area contributed by atoms with Gasteiger partial charge in [0.05, 0.1) is 12.5 Å². The highest BCUT2D eigenvalue weighted by Gasteiger charge is 2.16. The van der Waals surface area contributed by atoms with Crippen LogP contribution in [0.4, 0.5) is 0 Å². The third-order valence-corrected chi connectivity index (χ3v) is 2.60. The molecular formula is C13H10N2O5. The third kappa shape index (κ3) is 2.33. The van der Waals surface area contributed by atoms with Crippen LogP contribution in [0.1, 0.15) is 22.0 Å². The van der Waals surface area contributed by atoms with Crippen molar-refractivity contribution < 1.29 is 22.8 Å². The smallest absolute Gasteiger partial charge is 0.342 e. The predicted molar refractivity (Wildman–Crippen MR) is 64.6 cm³/mol.